The van der Waals surface area contributed by atoms with E-state index in [1.165, 1.54) is 69.1 Å². The summed E-state index contributed by atoms with van der Waals surface area (Å²) in [5.41, 5.74) is 21.4. The van der Waals surface area contributed by atoms with Crippen molar-refractivity contribution in [3.8, 4) is 5.75 Å². The van der Waals surface area contributed by atoms with Gasteiger partial charge in [0.1, 0.15) is 6.29 Å². The summed E-state index contributed by atoms with van der Waals surface area (Å²) in [6.07, 6.45) is 10.8. The molecule has 3 aromatic rings. The Morgan fingerprint density at radius 3 is 1.90 bits per heavy atom. The van der Waals surface area contributed by atoms with Gasteiger partial charge in [-0.05, 0) is 48.9 Å². The Hall–Kier alpha value is -3.52. The first-order valence-corrected chi connectivity index (χ1v) is 17.6. The van der Waals surface area contributed by atoms with E-state index < -0.39 is 4.92 Å². The summed E-state index contributed by atoms with van der Waals surface area (Å²) >= 11 is 6.16. The van der Waals surface area contributed by atoms with Gasteiger partial charge in [-0.25, -0.2) is 0 Å². The van der Waals surface area contributed by atoms with Gasteiger partial charge in [0.15, 0.2) is 5.78 Å². The van der Waals surface area contributed by atoms with Gasteiger partial charge in [0.2, 0.25) is 0 Å². The molecule has 290 valence electrons. The number of nitrogens with two attached hydrogens (primary N) is 2. The maximum Gasteiger partial charge on any atom is 2.00 e. The number of carbonyl (C=O) groups excluding carboxylic acids is 2. The van der Waals surface area contributed by atoms with Crippen molar-refractivity contribution in [2.24, 2.45) is 0 Å². The van der Waals surface area contributed by atoms with Crippen molar-refractivity contribution in [1.82, 2.24) is 0 Å². The third-order valence-corrected chi connectivity index (χ3v) is 6.52. The number of halogens is 1. The van der Waals surface area contributed by atoms with Crippen molar-refractivity contribution < 1.29 is 50.4 Å². The normalized spacial score (nSPS) is 8.90. The van der Waals surface area contributed by atoms with Crippen molar-refractivity contribution in [3.63, 3.8) is 0 Å². The number of nitrogens with one attached hydrogen (secondary N) is 2. The maximum absolute atomic E-state index is 10.9. The topological polar surface area (TPSA) is 163 Å². The van der Waals surface area contributed by atoms with Crippen LogP contribution in [0.2, 0.25) is 5.02 Å². The minimum absolute atomic E-state index is 0. The molecule has 10 nitrogen and oxygen atoms in total. The second kappa shape index (κ2) is 38.7. The van der Waals surface area contributed by atoms with Gasteiger partial charge in [-0.3, -0.25) is 19.7 Å². The Balaban J connectivity index is -0.000000209. The first-order valence-electron chi connectivity index (χ1n) is 17.2. The van der Waals surface area contributed by atoms with Crippen LogP contribution in [0.15, 0.2) is 60.7 Å². The van der Waals surface area contributed by atoms with Crippen LogP contribution in [-0.2, 0) is 16.0 Å². The Morgan fingerprint density at radius 1 is 0.962 bits per heavy atom. The quantitative estimate of drug-likeness (QED) is 0.0346. The third-order valence-electron chi connectivity index (χ3n) is 6.22. The smallest absolute Gasteiger partial charge is 0.520 e. The van der Waals surface area contributed by atoms with Crippen LogP contribution in [0.1, 0.15) is 105 Å². The van der Waals surface area contributed by atoms with Crippen LogP contribution < -0.4 is 27.1 Å². The van der Waals surface area contributed by atoms with Gasteiger partial charge in [0.25, 0.3) is 5.69 Å². The van der Waals surface area contributed by atoms with Gasteiger partial charge < -0.3 is 34.5 Å². The maximum atomic E-state index is 10.9. The summed E-state index contributed by atoms with van der Waals surface area (Å²) in [5, 5.41) is 11.2. The number of nitrogens with zero attached hydrogens (tertiary/aromatic N) is 1. The van der Waals surface area contributed by atoms with Crippen LogP contribution in [-0.4, -0.2) is 24.1 Å². The van der Waals surface area contributed by atoms with E-state index >= 15 is 0 Å². The van der Waals surface area contributed by atoms with Crippen molar-refractivity contribution in [2.45, 2.75) is 107 Å². The second-order valence-corrected chi connectivity index (χ2v) is 10.7. The second-order valence-electron chi connectivity index (χ2n) is 10.3. The molecule has 0 saturated carbocycles. The minimum atomic E-state index is -0.472. The van der Waals surface area contributed by atoms with E-state index in [0.717, 1.165) is 11.3 Å². The molecular weight excluding hydrogens is 904 g/mol. The number of aryl methyl sites for hydroxylation is 2. The third kappa shape index (κ3) is 29.1. The van der Waals surface area contributed by atoms with E-state index in [9.17, 15) is 19.7 Å². The van der Waals surface area contributed by atoms with Gasteiger partial charge in [-0.1, -0.05) is 122 Å². The number of allylic oxidation sites excluding steroid dienone is 2. The van der Waals surface area contributed by atoms with Crippen LogP contribution in [0.25, 0.3) is 0 Å². The summed E-state index contributed by atoms with van der Waals surface area (Å²) in [5.74, 6) is 0.516. The van der Waals surface area contributed by atoms with Crippen molar-refractivity contribution in [1.29, 1.82) is 0 Å². The van der Waals surface area contributed by atoms with Gasteiger partial charge in [0, 0.05) is 30.0 Å². The molecule has 0 bridgehead atoms. The number of unbranched alkanes of at least 4 members (excludes halogenated alkanes) is 3. The number of hydrogen-bond donors (Lipinski definition) is 4. The van der Waals surface area contributed by atoms with E-state index in [-0.39, 0.29) is 55.0 Å². The Bertz CT molecular complexity index is 1350. The van der Waals surface area contributed by atoms with Crippen LogP contribution >= 0.6 is 11.6 Å². The predicted octanol–water partition coefficient (Wildman–Crippen LogP) is 11.4. The molecule has 0 atom stereocenters. The number of anilines is 4. The number of nitro groups is 1. The Labute approximate surface area is 343 Å². The van der Waals surface area contributed by atoms with Gasteiger partial charge in [0.05, 0.1) is 22.7 Å². The zero-order valence-electron chi connectivity index (χ0n) is 33.3. The molecule has 6 N–H and O–H groups in total. The number of nitro benzene ring substituents is 1. The fraction of sp³-hybridized carbons (Fsp3) is 0.425. The van der Waals surface area contributed by atoms with E-state index in [2.05, 4.69) is 44.6 Å². The molecule has 0 radical (unpaired) electrons. The summed E-state index contributed by atoms with van der Waals surface area (Å²) < 4.78 is 5.23. The molecule has 0 aliphatic heterocycles. The standard InChI is InChI=1S/C15H16ClN4O3.C7H9N.C6H8O2.C5H12.C4H10.C2H6.CH3.U/c1-3-9-6-11(20(21)22)8-12(16)15(9)19-18-13-5-4-10(17)7-14(13)23-2;1-6-2-4-7(8)5-3-6;1-2-6(8)4-3-5-7;1-3-5-4-2;1-3-4-2;1-2;;/h5-8,18-19H,3,17H2,1-2H3;2-5H,8H2,1H3;3-5H,2H2,1H3;3-5H2,1-2H3;3-4H2,1-2H3;1-2H3;1H3;/q-1;;;;;;-1;+2/b;;4-3-;;;;;. The zero-order chi connectivity index (χ0) is 38.9. The average Bonchev–Trinajstić information content (AvgIpc) is 3.13. The number of carbonyl (C=O) groups is 2. The van der Waals surface area contributed by atoms with E-state index in [1.54, 1.807) is 19.1 Å². The molecule has 3 rings (SSSR count). The van der Waals surface area contributed by atoms with Crippen LogP contribution in [0.5, 0.6) is 5.75 Å². The number of non-ortho nitro benzene ring substituents is 1. The van der Waals surface area contributed by atoms with E-state index in [4.69, 9.17) is 27.8 Å². The number of ketones is 1. The Kier molecular flexibility index (Phi) is 43.0. The SMILES string of the molecule is CC.CCC(=O)/C=C\C=O.CCCC.CCCCC.CCc1cc([N+](=O)[O-])cc(Cl)c1NNc1c[c-]c(N)cc1OC.Cc1ccc(N)cc1.[CH3-].[U+2]. The summed E-state index contributed by atoms with van der Waals surface area (Å²) in [4.78, 5) is 30.3. The molecule has 0 amide bonds. The molecule has 0 heterocycles. The largest absolute Gasteiger partial charge is 2.00 e. The molecule has 0 aliphatic carbocycles. The van der Waals surface area contributed by atoms with E-state index in [0.29, 0.717) is 41.9 Å². The van der Waals surface area contributed by atoms with Gasteiger partial charge in [-0.2, -0.15) is 6.07 Å². The molecule has 3 aromatic carbocycles. The average molecular weight is 968 g/mol. The monoisotopic (exact) mass is 968 g/mol. The van der Waals surface area contributed by atoms with Gasteiger partial charge >= 0.3 is 31.1 Å². The van der Waals surface area contributed by atoms with Crippen LogP contribution in [0.3, 0.4) is 0 Å². The first kappa shape index (κ1) is 57.8. The van der Waals surface area contributed by atoms with Crippen molar-refractivity contribution in [2.75, 3.05) is 29.4 Å². The number of aldehydes is 1. The first-order chi connectivity index (χ1) is 23.9. The predicted molar refractivity (Wildman–Crippen MR) is 221 cm³/mol. The molecule has 12 heteroatoms. The molecule has 0 aliphatic rings. The number of nitrogen functional groups attached to an aromatic ring is 2. The number of hydrogen-bond acceptors (Lipinski definition) is 9. The number of methoxy groups -OCH3 is 1. The minimum Gasteiger partial charge on any atom is -0.520 e. The number of rotatable bonds is 12. The fourth-order valence-electron chi connectivity index (χ4n) is 3.24. The molecule has 0 saturated heterocycles. The Morgan fingerprint density at radius 2 is 1.52 bits per heavy atom. The number of benzene rings is 3. The van der Waals surface area contributed by atoms with Crippen molar-refractivity contribution in [3.05, 3.63) is 100 Å². The molecule has 0 spiro atoms. The number of hydrazine groups is 1. The van der Waals surface area contributed by atoms with Crippen molar-refractivity contribution >= 4 is 52.1 Å². The molecule has 52 heavy (non-hydrogen) atoms. The number of ether oxygens (including phenoxy) is 1. The molecule has 0 aromatic heterocycles. The van der Waals surface area contributed by atoms with Crippen LogP contribution in [0.4, 0.5) is 28.4 Å². The summed E-state index contributed by atoms with van der Waals surface area (Å²) in [6, 6.07) is 16.7. The van der Waals surface area contributed by atoms with E-state index in [1.807, 2.05) is 52.0 Å². The van der Waals surface area contributed by atoms with Crippen LogP contribution in [0, 0.1) is 61.6 Å². The summed E-state index contributed by atoms with van der Waals surface area (Å²) in [7, 11) is 1.52. The summed E-state index contributed by atoms with van der Waals surface area (Å²) in [6.45, 7) is 18.5. The fourth-order valence-corrected chi connectivity index (χ4v) is 3.52. The van der Waals surface area contributed by atoms with Gasteiger partial charge in [-0.15, -0.1) is 12.1 Å². The molecular formula is C40H64ClN5O5U. The zero-order valence-corrected chi connectivity index (χ0v) is 38.2. The molecule has 0 unspecified atom stereocenters. The molecule has 0 fully saturated rings.